The molecule has 1 amide bonds. The van der Waals surface area contributed by atoms with Gasteiger partial charge < -0.3 is 29.0 Å². The summed E-state index contributed by atoms with van der Waals surface area (Å²) in [5.74, 6) is 1.28. The number of carbonyl (C=O) groups excluding carboxylic acids is 2. The van der Waals surface area contributed by atoms with Gasteiger partial charge in [-0.25, -0.2) is 4.79 Å². The van der Waals surface area contributed by atoms with Gasteiger partial charge in [0.15, 0.2) is 29.6 Å². The summed E-state index contributed by atoms with van der Waals surface area (Å²) in [6, 6.07) is 12.6. The highest BCUT2D eigenvalue weighted by Gasteiger charge is 2.29. The van der Waals surface area contributed by atoms with Crippen LogP contribution in [-0.2, 0) is 20.7 Å². The first-order valence-electron chi connectivity index (χ1n) is 9.13. The first-order chi connectivity index (χ1) is 14.1. The SMILES string of the molecule is COc1ccc(CCNC(=O)COC(=O)[C@@H]2COc3ccccc3O2)cc1OC. The Morgan fingerprint density at radius 2 is 1.83 bits per heavy atom. The highest BCUT2D eigenvalue weighted by molar-refractivity contribution is 5.82. The molecule has 1 aliphatic heterocycles. The van der Waals surface area contributed by atoms with Crippen LogP contribution in [0.3, 0.4) is 0 Å². The first kappa shape index (κ1) is 20.3. The number of benzene rings is 2. The Kier molecular flexibility index (Phi) is 6.78. The number of hydrogen-bond donors (Lipinski definition) is 1. The maximum Gasteiger partial charge on any atom is 0.351 e. The molecule has 8 heteroatoms. The van der Waals surface area contributed by atoms with Crippen LogP contribution in [0.4, 0.5) is 0 Å². The van der Waals surface area contributed by atoms with E-state index in [2.05, 4.69) is 5.32 Å². The molecule has 0 saturated carbocycles. The fraction of sp³-hybridized carbons (Fsp3) is 0.333. The Morgan fingerprint density at radius 1 is 1.07 bits per heavy atom. The monoisotopic (exact) mass is 401 g/mol. The summed E-state index contributed by atoms with van der Waals surface area (Å²) >= 11 is 0. The first-order valence-corrected chi connectivity index (χ1v) is 9.13. The van der Waals surface area contributed by atoms with Gasteiger partial charge in [-0.3, -0.25) is 4.79 Å². The van der Waals surface area contributed by atoms with Gasteiger partial charge in [-0.1, -0.05) is 18.2 Å². The molecule has 3 rings (SSSR count). The third-order valence-corrected chi connectivity index (χ3v) is 4.30. The van der Waals surface area contributed by atoms with Gasteiger partial charge in [0.2, 0.25) is 6.10 Å². The Hall–Kier alpha value is -3.42. The van der Waals surface area contributed by atoms with Gasteiger partial charge in [0.25, 0.3) is 5.91 Å². The van der Waals surface area contributed by atoms with Crippen molar-refractivity contribution in [1.29, 1.82) is 0 Å². The molecular weight excluding hydrogens is 378 g/mol. The molecule has 0 aliphatic carbocycles. The van der Waals surface area contributed by atoms with E-state index in [0.29, 0.717) is 36.0 Å². The third-order valence-electron chi connectivity index (χ3n) is 4.30. The van der Waals surface area contributed by atoms with Crippen LogP contribution >= 0.6 is 0 Å². The third kappa shape index (κ3) is 5.31. The Balaban J connectivity index is 1.40. The summed E-state index contributed by atoms with van der Waals surface area (Å²) in [7, 11) is 3.14. The normalized spacial score (nSPS) is 14.6. The van der Waals surface area contributed by atoms with Crippen LogP contribution in [0.2, 0.25) is 0 Å². The summed E-state index contributed by atoms with van der Waals surface area (Å²) in [5, 5.41) is 2.71. The minimum atomic E-state index is -0.899. The molecule has 0 bridgehead atoms. The molecule has 1 N–H and O–H groups in total. The molecule has 154 valence electrons. The van der Waals surface area contributed by atoms with Crippen LogP contribution < -0.4 is 24.3 Å². The van der Waals surface area contributed by atoms with Gasteiger partial charge in [-0.2, -0.15) is 0 Å². The molecule has 0 spiro atoms. The number of amides is 1. The van der Waals surface area contributed by atoms with Crippen molar-refractivity contribution >= 4 is 11.9 Å². The van der Waals surface area contributed by atoms with E-state index in [9.17, 15) is 9.59 Å². The lowest BCUT2D eigenvalue weighted by molar-refractivity contribution is -0.157. The number of ether oxygens (including phenoxy) is 5. The molecule has 0 saturated heterocycles. The Bertz CT molecular complexity index is 868. The molecule has 0 radical (unpaired) electrons. The van der Waals surface area contributed by atoms with Crippen molar-refractivity contribution in [2.45, 2.75) is 12.5 Å². The van der Waals surface area contributed by atoms with Crippen LogP contribution in [0.25, 0.3) is 0 Å². The second-order valence-electron chi connectivity index (χ2n) is 6.26. The summed E-state index contributed by atoms with van der Waals surface area (Å²) in [6.07, 6.45) is -0.305. The molecule has 0 fully saturated rings. The molecule has 0 aromatic heterocycles. The molecule has 0 unspecified atom stereocenters. The minimum Gasteiger partial charge on any atom is -0.493 e. The summed E-state index contributed by atoms with van der Waals surface area (Å²) in [6.45, 7) is 0.0469. The van der Waals surface area contributed by atoms with Crippen molar-refractivity contribution in [2.24, 2.45) is 0 Å². The highest BCUT2D eigenvalue weighted by Crippen LogP contribution is 2.31. The van der Waals surface area contributed by atoms with Crippen LogP contribution in [0.15, 0.2) is 42.5 Å². The van der Waals surface area contributed by atoms with Crippen molar-refractivity contribution < 1.29 is 33.3 Å². The fourth-order valence-electron chi connectivity index (χ4n) is 2.80. The molecule has 1 heterocycles. The minimum absolute atomic E-state index is 0.0385. The van der Waals surface area contributed by atoms with E-state index in [4.69, 9.17) is 23.7 Å². The van der Waals surface area contributed by atoms with Crippen LogP contribution in [-0.4, -0.2) is 52.0 Å². The largest absolute Gasteiger partial charge is 0.493 e. The van der Waals surface area contributed by atoms with Crippen molar-refractivity contribution in [1.82, 2.24) is 5.32 Å². The van der Waals surface area contributed by atoms with Crippen molar-refractivity contribution in [3.8, 4) is 23.0 Å². The zero-order valence-corrected chi connectivity index (χ0v) is 16.3. The van der Waals surface area contributed by atoms with Gasteiger partial charge in [0, 0.05) is 6.54 Å². The molecule has 1 aliphatic rings. The van der Waals surface area contributed by atoms with Crippen LogP contribution in [0.1, 0.15) is 5.56 Å². The van der Waals surface area contributed by atoms with E-state index in [1.54, 1.807) is 32.4 Å². The number of para-hydroxylation sites is 2. The predicted molar refractivity (Wildman–Crippen MR) is 104 cm³/mol. The van der Waals surface area contributed by atoms with Gasteiger partial charge in [-0.05, 0) is 36.2 Å². The average molecular weight is 401 g/mol. The summed E-state index contributed by atoms with van der Waals surface area (Å²) < 4.78 is 26.5. The van der Waals surface area contributed by atoms with E-state index in [0.717, 1.165) is 5.56 Å². The van der Waals surface area contributed by atoms with E-state index < -0.39 is 18.0 Å². The highest BCUT2D eigenvalue weighted by atomic mass is 16.6. The number of methoxy groups -OCH3 is 2. The maximum atomic E-state index is 12.1. The molecule has 2 aromatic carbocycles. The number of esters is 1. The Labute approximate surface area is 168 Å². The van der Waals surface area contributed by atoms with Crippen LogP contribution in [0.5, 0.6) is 23.0 Å². The van der Waals surface area contributed by atoms with E-state index in [1.165, 1.54) is 0 Å². The summed E-state index contributed by atoms with van der Waals surface area (Å²) in [4.78, 5) is 24.0. The smallest absolute Gasteiger partial charge is 0.351 e. The molecule has 1 atom stereocenters. The molecule has 2 aromatic rings. The van der Waals surface area contributed by atoms with Gasteiger partial charge in [-0.15, -0.1) is 0 Å². The predicted octanol–water partition coefficient (Wildman–Crippen LogP) is 1.75. The summed E-state index contributed by atoms with van der Waals surface area (Å²) in [5.41, 5.74) is 0.978. The number of fused-ring (bicyclic) bond motifs is 1. The van der Waals surface area contributed by atoms with Crippen molar-refractivity contribution in [3.05, 3.63) is 48.0 Å². The lowest BCUT2D eigenvalue weighted by atomic mass is 10.1. The standard InChI is InChI=1S/C21H23NO7/c1-25-15-8-7-14(11-18(15)26-2)9-10-22-20(23)13-28-21(24)19-12-27-16-5-3-4-6-17(16)29-19/h3-8,11,19H,9-10,12-13H2,1-2H3,(H,22,23)/t19-/m0/s1. The number of carbonyl (C=O) groups is 2. The Morgan fingerprint density at radius 3 is 2.59 bits per heavy atom. The molecule has 8 nitrogen and oxygen atoms in total. The number of rotatable bonds is 8. The van der Waals surface area contributed by atoms with E-state index >= 15 is 0 Å². The van der Waals surface area contributed by atoms with E-state index in [1.807, 2.05) is 24.3 Å². The zero-order valence-electron chi connectivity index (χ0n) is 16.3. The molecule has 29 heavy (non-hydrogen) atoms. The zero-order chi connectivity index (χ0) is 20.6. The van der Waals surface area contributed by atoms with Gasteiger partial charge >= 0.3 is 5.97 Å². The molecular formula is C21H23NO7. The van der Waals surface area contributed by atoms with E-state index in [-0.39, 0.29) is 13.2 Å². The number of hydrogen-bond acceptors (Lipinski definition) is 7. The maximum absolute atomic E-state index is 12.1. The topological polar surface area (TPSA) is 92.3 Å². The lowest BCUT2D eigenvalue weighted by Gasteiger charge is -2.24. The van der Waals surface area contributed by atoms with Crippen molar-refractivity contribution in [3.63, 3.8) is 0 Å². The average Bonchev–Trinajstić information content (AvgIpc) is 2.76. The van der Waals surface area contributed by atoms with Crippen molar-refractivity contribution in [2.75, 3.05) is 34.0 Å². The quantitative estimate of drug-likeness (QED) is 0.674. The second kappa shape index (κ2) is 9.68. The van der Waals surface area contributed by atoms with Crippen LogP contribution in [0, 0.1) is 0 Å². The fourth-order valence-corrected chi connectivity index (χ4v) is 2.80. The number of nitrogens with one attached hydrogen (secondary N) is 1. The van der Waals surface area contributed by atoms with Gasteiger partial charge in [0.05, 0.1) is 14.2 Å². The van der Waals surface area contributed by atoms with Gasteiger partial charge in [0.1, 0.15) is 6.61 Å². The lowest BCUT2D eigenvalue weighted by Crippen LogP contribution is -2.39. The second-order valence-corrected chi connectivity index (χ2v) is 6.26.